The standard InChI is InChI=1S/C22H40O3.C3H4O2.Al/c1-2-3-4-5-6-7-8-9-10-11-12-13-14-15-16-17-18-19-21(23)20-22(24)25;1-2-3(4)5;/h9-10H,2-8,11-20H2,1H3,(H,24,25);2H,1H2,(H,4,5);/q;;+2/p-2. The van der Waals surface area contributed by atoms with Crippen LogP contribution in [0.25, 0.3) is 0 Å². The van der Waals surface area contributed by atoms with Gasteiger partial charge in [0.25, 0.3) is 0 Å². The van der Waals surface area contributed by atoms with Crippen LogP contribution in [0.3, 0.4) is 0 Å². The van der Waals surface area contributed by atoms with E-state index in [4.69, 9.17) is 9.90 Å². The molecule has 0 aliphatic heterocycles. The second-order valence-corrected chi connectivity index (χ2v) is 7.65. The van der Waals surface area contributed by atoms with Crippen molar-refractivity contribution in [1.82, 2.24) is 0 Å². The summed E-state index contributed by atoms with van der Waals surface area (Å²) in [5.41, 5.74) is 0. The van der Waals surface area contributed by atoms with Gasteiger partial charge in [-0.15, -0.1) is 0 Å². The molecule has 0 atom stereocenters. The first-order valence-electron chi connectivity index (χ1n) is 11.6. The van der Waals surface area contributed by atoms with Gasteiger partial charge in [-0.1, -0.05) is 89.9 Å². The maximum absolute atomic E-state index is 11.2. The molecule has 0 fully saturated rings. The van der Waals surface area contributed by atoms with Gasteiger partial charge < -0.3 is 19.8 Å². The molecule has 0 aromatic rings. The van der Waals surface area contributed by atoms with E-state index in [-0.39, 0.29) is 23.1 Å². The van der Waals surface area contributed by atoms with Crippen LogP contribution in [0.15, 0.2) is 24.8 Å². The van der Waals surface area contributed by atoms with Crippen molar-refractivity contribution in [2.75, 3.05) is 0 Å². The number of rotatable bonds is 20. The Labute approximate surface area is 200 Å². The van der Waals surface area contributed by atoms with Gasteiger partial charge in [0.05, 0.1) is 5.97 Å². The first kappa shape index (κ1) is 34.2. The van der Waals surface area contributed by atoms with Gasteiger partial charge in [-0.25, -0.2) is 0 Å². The molecule has 0 aliphatic carbocycles. The van der Waals surface area contributed by atoms with Crippen molar-refractivity contribution in [3.05, 3.63) is 24.8 Å². The number of Topliss-reactive ketones (excluding diaryl/α,β-unsaturated/α-hetero) is 1. The molecule has 0 N–H and O–H groups in total. The van der Waals surface area contributed by atoms with Gasteiger partial charge >= 0.3 is 17.4 Å². The molecule has 0 bridgehead atoms. The monoisotopic (exact) mass is 449 g/mol. The van der Waals surface area contributed by atoms with Crippen LogP contribution >= 0.6 is 0 Å². The zero-order chi connectivity index (χ0) is 22.9. The summed E-state index contributed by atoms with van der Waals surface area (Å²) in [4.78, 5) is 30.6. The van der Waals surface area contributed by atoms with Crippen LogP contribution in [0.5, 0.6) is 0 Å². The zero-order valence-electron chi connectivity index (χ0n) is 19.6. The first-order valence-corrected chi connectivity index (χ1v) is 11.6. The Balaban J connectivity index is -0.00000116. The predicted octanol–water partition coefficient (Wildman–Crippen LogP) is 4.05. The quantitative estimate of drug-likeness (QED) is 0.0918. The Morgan fingerprint density at radius 3 is 1.48 bits per heavy atom. The van der Waals surface area contributed by atoms with Crippen LogP contribution in [-0.2, 0) is 14.4 Å². The number of carbonyl (C=O) groups is 3. The van der Waals surface area contributed by atoms with E-state index in [0.29, 0.717) is 6.42 Å². The van der Waals surface area contributed by atoms with Crippen LogP contribution in [0.1, 0.15) is 116 Å². The van der Waals surface area contributed by atoms with Gasteiger partial charge in [-0.3, -0.25) is 4.79 Å². The smallest absolute Gasteiger partial charge is 0.550 e. The Bertz CT molecular complexity index is 475. The Kier molecular flexibility index (Phi) is 31.6. The normalized spacial score (nSPS) is 10.1. The molecule has 5 nitrogen and oxygen atoms in total. The number of unbranched alkanes of at least 4 members (excludes halogenated alkanes) is 13. The van der Waals surface area contributed by atoms with Crippen LogP contribution in [0.4, 0.5) is 0 Å². The van der Waals surface area contributed by atoms with E-state index in [1.54, 1.807) is 0 Å². The number of ketones is 1. The minimum absolute atomic E-state index is 0. The van der Waals surface area contributed by atoms with E-state index in [9.17, 15) is 14.7 Å². The van der Waals surface area contributed by atoms with E-state index >= 15 is 0 Å². The van der Waals surface area contributed by atoms with Crippen molar-refractivity contribution < 1.29 is 24.6 Å². The van der Waals surface area contributed by atoms with Gasteiger partial charge in [-0.05, 0) is 38.2 Å². The topological polar surface area (TPSA) is 97.3 Å². The molecule has 0 spiro atoms. The first-order chi connectivity index (χ1) is 14.4. The molecule has 0 aromatic heterocycles. The van der Waals surface area contributed by atoms with Crippen molar-refractivity contribution >= 4 is 35.1 Å². The number of carbonyl (C=O) groups excluding carboxylic acids is 3. The van der Waals surface area contributed by atoms with Crippen LogP contribution in [0, 0.1) is 0 Å². The van der Waals surface area contributed by atoms with Gasteiger partial charge in [0.2, 0.25) is 0 Å². The molecule has 1 radical (unpaired) electrons. The molecule has 0 heterocycles. The summed E-state index contributed by atoms with van der Waals surface area (Å²) in [6.45, 7) is 5.16. The Hall–Kier alpha value is -1.38. The molecule has 31 heavy (non-hydrogen) atoms. The largest absolute Gasteiger partial charge is 2.00 e. The maximum Gasteiger partial charge on any atom is 2.00 e. The number of carboxylic acid groups (broad SMARTS) is 2. The molecule has 175 valence electrons. The third kappa shape index (κ3) is 36.4. The molecule has 0 aromatic carbocycles. The van der Waals surface area contributed by atoms with Crippen molar-refractivity contribution in [3.8, 4) is 0 Å². The summed E-state index contributed by atoms with van der Waals surface area (Å²) < 4.78 is 0. The number of hydrogen-bond acceptors (Lipinski definition) is 5. The second-order valence-electron chi connectivity index (χ2n) is 7.65. The summed E-state index contributed by atoms with van der Waals surface area (Å²) in [7, 11) is 0. The zero-order valence-corrected chi connectivity index (χ0v) is 20.7. The van der Waals surface area contributed by atoms with Crippen molar-refractivity contribution in [3.63, 3.8) is 0 Å². The molecular formula is C25H42AlO5. The minimum Gasteiger partial charge on any atom is -0.550 e. The van der Waals surface area contributed by atoms with Crippen molar-refractivity contribution in [1.29, 1.82) is 0 Å². The molecule has 0 aliphatic rings. The molecule has 0 amide bonds. The van der Waals surface area contributed by atoms with Crippen molar-refractivity contribution in [2.45, 2.75) is 116 Å². The summed E-state index contributed by atoms with van der Waals surface area (Å²) in [5.74, 6) is -2.69. The fourth-order valence-electron chi connectivity index (χ4n) is 3.00. The number of allylic oxidation sites excluding steroid dienone is 2. The molecular weight excluding hydrogens is 407 g/mol. The fraction of sp³-hybridized carbons (Fsp3) is 0.720. The SMILES string of the molecule is C=CC(=O)[O-].CCCCCCCCC=CCCCCCCCCCC(=O)CC(=O)[O-].[Al+2]. The Morgan fingerprint density at radius 2 is 1.10 bits per heavy atom. The second kappa shape index (κ2) is 28.6. The molecule has 0 saturated carbocycles. The van der Waals surface area contributed by atoms with Crippen LogP contribution < -0.4 is 10.2 Å². The van der Waals surface area contributed by atoms with E-state index in [1.165, 1.54) is 77.0 Å². The van der Waals surface area contributed by atoms with Gasteiger partial charge in [0, 0.05) is 18.8 Å². The number of aliphatic carboxylic acids is 2. The molecule has 0 unspecified atom stereocenters. The maximum atomic E-state index is 11.2. The Morgan fingerprint density at radius 1 is 0.710 bits per heavy atom. The van der Waals surface area contributed by atoms with Crippen LogP contribution in [0.2, 0.25) is 0 Å². The van der Waals surface area contributed by atoms with E-state index in [0.717, 1.165) is 25.3 Å². The summed E-state index contributed by atoms with van der Waals surface area (Å²) in [6, 6.07) is 0. The van der Waals surface area contributed by atoms with E-state index in [2.05, 4.69) is 25.7 Å². The summed E-state index contributed by atoms with van der Waals surface area (Å²) >= 11 is 0. The van der Waals surface area contributed by atoms with E-state index < -0.39 is 18.4 Å². The van der Waals surface area contributed by atoms with Crippen LogP contribution in [-0.4, -0.2) is 35.1 Å². The average Bonchev–Trinajstić information content (AvgIpc) is 2.70. The van der Waals surface area contributed by atoms with Gasteiger partial charge in [-0.2, -0.15) is 0 Å². The summed E-state index contributed by atoms with van der Waals surface area (Å²) in [5, 5.41) is 19.4. The number of carboxylic acids is 2. The summed E-state index contributed by atoms with van der Waals surface area (Å²) in [6.07, 6.45) is 24.1. The van der Waals surface area contributed by atoms with Gasteiger partial charge in [0.1, 0.15) is 5.78 Å². The van der Waals surface area contributed by atoms with Crippen molar-refractivity contribution in [2.24, 2.45) is 0 Å². The molecule has 0 rings (SSSR count). The molecule has 0 saturated heterocycles. The van der Waals surface area contributed by atoms with E-state index in [1.807, 2.05) is 0 Å². The predicted molar refractivity (Wildman–Crippen MR) is 124 cm³/mol. The third-order valence-corrected chi connectivity index (χ3v) is 4.73. The molecule has 6 heteroatoms. The third-order valence-electron chi connectivity index (χ3n) is 4.73. The average molecular weight is 450 g/mol. The minimum atomic E-state index is -1.26. The van der Waals surface area contributed by atoms with Gasteiger partial charge in [0.15, 0.2) is 0 Å². The fourth-order valence-corrected chi connectivity index (χ4v) is 3.00. The number of hydrogen-bond donors (Lipinski definition) is 0.